The number of nitrogens with one attached hydrogen (secondary N) is 1. The van der Waals surface area contributed by atoms with Crippen LogP contribution in [0.2, 0.25) is 0 Å². The molecule has 1 atom stereocenters. The van der Waals surface area contributed by atoms with Gasteiger partial charge >= 0.3 is 0 Å². The number of nitrogens with zero attached hydrogens (tertiary/aromatic N) is 2. The fraction of sp³-hybridized carbons (Fsp3) is 0.769. The van der Waals surface area contributed by atoms with Gasteiger partial charge in [0, 0.05) is 24.5 Å². The zero-order valence-corrected chi connectivity index (χ0v) is 12.5. The van der Waals surface area contributed by atoms with Gasteiger partial charge in [0.15, 0.2) is 5.13 Å². The predicted molar refractivity (Wildman–Crippen MR) is 77.1 cm³/mol. The Labute approximate surface area is 109 Å². The topological polar surface area (TPSA) is 28.2 Å². The largest absolute Gasteiger partial charge is 0.351 e. The monoisotopic (exact) mass is 255 g/mol. The van der Waals surface area contributed by atoms with E-state index in [1.54, 1.807) is 0 Å². The normalized spacial score (nSPS) is 12.8. The SMILES string of the molecule is CCCNC(C)c1sc(N(C)CCC)nc1C. The molecule has 0 aliphatic heterocycles. The van der Waals surface area contributed by atoms with E-state index in [0.717, 1.165) is 24.6 Å². The van der Waals surface area contributed by atoms with Crippen LogP contribution in [-0.2, 0) is 0 Å². The number of hydrogen-bond acceptors (Lipinski definition) is 4. The van der Waals surface area contributed by atoms with Crippen LogP contribution in [0.1, 0.15) is 50.2 Å². The molecule has 0 aromatic carbocycles. The van der Waals surface area contributed by atoms with Crippen molar-refractivity contribution in [3.8, 4) is 0 Å². The molecule has 0 saturated carbocycles. The van der Waals surface area contributed by atoms with Crippen molar-refractivity contribution in [3.05, 3.63) is 10.6 Å². The summed E-state index contributed by atoms with van der Waals surface area (Å²) in [5.41, 5.74) is 1.17. The Hall–Kier alpha value is -0.610. The summed E-state index contributed by atoms with van der Waals surface area (Å²) in [5, 5.41) is 4.67. The number of aromatic nitrogens is 1. The van der Waals surface area contributed by atoms with Crippen LogP contribution in [0.3, 0.4) is 0 Å². The highest BCUT2D eigenvalue weighted by atomic mass is 32.1. The van der Waals surface area contributed by atoms with Crippen LogP contribution >= 0.6 is 11.3 Å². The van der Waals surface area contributed by atoms with Gasteiger partial charge in [-0.3, -0.25) is 0 Å². The minimum absolute atomic E-state index is 0.413. The molecule has 0 spiro atoms. The predicted octanol–water partition coefficient (Wildman–Crippen LogP) is 3.36. The van der Waals surface area contributed by atoms with Gasteiger partial charge in [-0.05, 0) is 33.2 Å². The second-order valence-corrected chi connectivity index (χ2v) is 5.55. The first-order valence-electron chi connectivity index (χ1n) is 6.51. The van der Waals surface area contributed by atoms with Gasteiger partial charge in [0.1, 0.15) is 0 Å². The second-order valence-electron chi connectivity index (χ2n) is 4.54. The molecule has 1 unspecified atom stereocenters. The molecule has 0 fully saturated rings. The average molecular weight is 255 g/mol. The zero-order valence-electron chi connectivity index (χ0n) is 11.7. The van der Waals surface area contributed by atoms with Gasteiger partial charge in [-0.25, -0.2) is 4.98 Å². The quantitative estimate of drug-likeness (QED) is 0.810. The van der Waals surface area contributed by atoms with Crippen LogP contribution in [0.25, 0.3) is 0 Å². The molecule has 0 amide bonds. The van der Waals surface area contributed by atoms with E-state index in [-0.39, 0.29) is 0 Å². The van der Waals surface area contributed by atoms with Crippen molar-refractivity contribution in [2.24, 2.45) is 0 Å². The molecule has 1 rings (SSSR count). The summed E-state index contributed by atoms with van der Waals surface area (Å²) >= 11 is 1.82. The molecule has 0 aliphatic carbocycles. The molecule has 1 aromatic rings. The van der Waals surface area contributed by atoms with Crippen LogP contribution in [0.15, 0.2) is 0 Å². The number of aryl methyl sites for hydroxylation is 1. The summed E-state index contributed by atoms with van der Waals surface area (Å²) in [4.78, 5) is 8.28. The Kier molecular flexibility index (Phi) is 5.92. The Morgan fingerprint density at radius 2 is 2.06 bits per heavy atom. The molecule has 0 saturated heterocycles. The molecule has 1 aromatic heterocycles. The van der Waals surface area contributed by atoms with Crippen molar-refractivity contribution in [1.29, 1.82) is 0 Å². The van der Waals surface area contributed by atoms with Crippen molar-refractivity contribution in [2.45, 2.75) is 46.6 Å². The van der Waals surface area contributed by atoms with E-state index >= 15 is 0 Å². The van der Waals surface area contributed by atoms with Crippen LogP contribution in [0.5, 0.6) is 0 Å². The lowest BCUT2D eigenvalue weighted by Crippen LogP contribution is -2.19. The molecule has 98 valence electrons. The molecule has 0 aliphatic rings. The Balaban J connectivity index is 2.73. The van der Waals surface area contributed by atoms with Crippen LogP contribution in [0.4, 0.5) is 5.13 Å². The smallest absolute Gasteiger partial charge is 0.185 e. The molecule has 0 radical (unpaired) electrons. The lowest BCUT2D eigenvalue weighted by atomic mass is 10.2. The van der Waals surface area contributed by atoms with Crippen LogP contribution in [-0.4, -0.2) is 25.1 Å². The van der Waals surface area contributed by atoms with E-state index in [0.29, 0.717) is 6.04 Å². The number of rotatable bonds is 7. The summed E-state index contributed by atoms with van der Waals surface area (Å²) in [6.45, 7) is 10.9. The number of hydrogen-bond donors (Lipinski definition) is 1. The fourth-order valence-electron chi connectivity index (χ4n) is 1.84. The highest BCUT2D eigenvalue weighted by molar-refractivity contribution is 7.15. The van der Waals surface area contributed by atoms with Crippen molar-refractivity contribution >= 4 is 16.5 Å². The van der Waals surface area contributed by atoms with Gasteiger partial charge in [0.25, 0.3) is 0 Å². The first-order chi connectivity index (χ1) is 8.10. The van der Waals surface area contributed by atoms with Crippen molar-refractivity contribution < 1.29 is 0 Å². The summed E-state index contributed by atoms with van der Waals surface area (Å²) in [5.74, 6) is 0. The molecule has 0 bridgehead atoms. The molecular formula is C13H25N3S. The zero-order chi connectivity index (χ0) is 12.8. The van der Waals surface area contributed by atoms with E-state index in [4.69, 9.17) is 0 Å². The fourth-order valence-corrected chi connectivity index (χ4v) is 2.92. The van der Waals surface area contributed by atoms with E-state index in [2.05, 4.69) is 49.9 Å². The van der Waals surface area contributed by atoms with E-state index in [1.807, 2.05) is 11.3 Å². The minimum atomic E-state index is 0.413. The first-order valence-corrected chi connectivity index (χ1v) is 7.33. The Bertz CT molecular complexity index is 335. The summed E-state index contributed by atoms with van der Waals surface area (Å²) in [6, 6.07) is 0.413. The van der Waals surface area contributed by atoms with Crippen molar-refractivity contribution in [1.82, 2.24) is 10.3 Å². The third-order valence-electron chi connectivity index (χ3n) is 2.80. The summed E-state index contributed by atoms with van der Waals surface area (Å²) in [6.07, 6.45) is 2.33. The average Bonchev–Trinajstić information content (AvgIpc) is 2.68. The standard InChI is InChI=1S/C13H25N3S/c1-6-8-14-10(3)12-11(4)15-13(17-12)16(5)9-7-2/h10,14H,6-9H2,1-5H3. The maximum absolute atomic E-state index is 4.66. The van der Waals surface area contributed by atoms with Gasteiger partial charge in [-0.2, -0.15) is 0 Å². The van der Waals surface area contributed by atoms with E-state index in [1.165, 1.54) is 17.0 Å². The highest BCUT2D eigenvalue weighted by Crippen LogP contribution is 2.30. The van der Waals surface area contributed by atoms with Gasteiger partial charge in [-0.1, -0.05) is 13.8 Å². The molecule has 1 N–H and O–H groups in total. The van der Waals surface area contributed by atoms with E-state index in [9.17, 15) is 0 Å². The molecule has 17 heavy (non-hydrogen) atoms. The van der Waals surface area contributed by atoms with Gasteiger partial charge in [0.05, 0.1) is 5.69 Å². The van der Waals surface area contributed by atoms with Gasteiger partial charge in [-0.15, -0.1) is 11.3 Å². The maximum Gasteiger partial charge on any atom is 0.185 e. The van der Waals surface area contributed by atoms with Crippen molar-refractivity contribution in [3.63, 3.8) is 0 Å². The van der Waals surface area contributed by atoms with Gasteiger partial charge < -0.3 is 10.2 Å². The second kappa shape index (κ2) is 6.97. The maximum atomic E-state index is 4.66. The van der Waals surface area contributed by atoms with Crippen molar-refractivity contribution in [2.75, 3.05) is 25.0 Å². The Morgan fingerprint density at radius 3 is 2.65 bits per heavy atom. The minimum Gasteiger partial charge on any atom is -0.351 e. The van der Waals surface area contributed by atoms with Crippen LogP contribution in [0, 0.1) is 6.92 Å². The van der Waals surface area contributed by atoms with Gasteiger partial charge in [0.2, 0.25) is 0 Å². The molecule has 1 heterocycles. The third kappa shape index (κ3) is 3.96. The van der Waals surface area contributed by atoms with E-state index < -0.39 is 0 Å². The lowest BCUT2D eigenvalue weighted by molar-refractivity contribution is 0.575. The highest BCUT2D eigenvalue weighted by Gasteiger charge is 2.15. The lowest BCUT2D eigenvalue weighted by Gasteiger charge is -2.14. The van der Waals surface area contributed by atoms with Crippen LogP contribution < -0.4 is 10.2 Å². The number of anilines is 1. The summed E-state index contributed by atoms with van der Waals surface area (Å²) in [7, 11) is 2.12. The number of thiazole rings is 1. The Morgan fingerprint density at radius 1 is 1.35 bits per heavy atom. The molecule has 4 heteroatoms. The molecule has 3 nitrogen and oxygen atoms in total. The third-order valence-corrected chi connectivity index (χ3v) is 4.25. The first kappa shape index (κ1) is 14.5. The molecular weight excluding hydrogens is 230 g/mol. The summed E-state index contributed by atoms with van der Waals surface area (Å²) < 4.78 is 0.